The minimum absolute atomic E-state index is 0.413. The first-order valence-electron chi connectivity index (χ1n) is 7.45. The van der Waals surface area contributed by atoms with Crippen molar-refractivity contribution in [3.63, 3.8) is 0 Å². The third kappa shape index (κ3) is 3.81. The molecule has 0 aromatic heterocycles. The van der Waals surface area contributed by atoms with Crippen molar-refractivity contribution in [2.45, 2.75) is 52.1 Å². The largest absolute Gasteiger partial charge is 0.308 e. The molecular formula is C18H25N. The molecule has 2 aromatic rings. The third-order valence-electron chi connectivity index (χ3n) is 3.80. The first-order valence-corrected chi connectivity index (χ1v) is 7.45. The Morgan fingerprint density at radius 1 is 1.00 bits per heavy atom. The van der Waals surface area contributed by atoms with Gasteiger partial charge in [-0.1, -0.05) is 56.2 Å². The van der Waals surface area contributed by atoms with Gasteiger partial charge < -0.3 is 5.32 Å². The number of hydrogen-bond donors (Lipinski definition) is 1. The van der Waals surface area contributed by atoms with E-state index >= 15 is 0 Å². The summed E-state index contributed by atoms with van der Waals surface area (Å²) in [7, 11) is 0. The van der Waals surface area contributed by atoms with Crippen LogP contribution in [0.25, 0.3) is 10.8 Å². The summed E-state index contributed by atoms with van der Waals surface area (Å²) in [5.41, 5.74) is 1.38. The Hall–Kier alpha value is -1.34. The monoisotopic (exact) mass is 255 g/mol. The molecule has 0 aliphatic carbocycles. The van der Waals surface area contributed by atoms with Gasteiger partial charge in [0.1, 0.15) is 0 Å². The molecule has 0 saturated carbocycles. The van der Waals surface area contributed by atoms with Crippen molar-refractivity contribution in [1.29, 1.82) is 0 Å². The normalized spacial score (nSPS) is 14.5. The molecule has 2 aromatic carbocycles. The first-order chi connectivity index (χ1) is 9.20. The van der Waals surface area contributed by atoms with Crippen molar-refractivity contribution in [2.24, 2.45) is 0 Å². The molecule has 0 fully saturated rings. The Bertz CT molecular complexity index is 518. The van der Waals surface area contributed by atoms with Crippen molar-refractivity contribution in [3.05, 3.63) is 48.0 Å². The van der Waals surface area contributed by atoms with Crippen LogP contribution in [0.5, 0.6) is 0 Å². The lowest BCUT2D eigenvalue weighted by molar-refractivity contribution is 0.444. The van der Waals surface area contributed by atoms with Gasteiger partial charge in [-0.15, -0.1) is 0 Å². The number of unbranched alkanes of at least 4 members (excludes halogenated alkanes) is 1. The fourth-order valence-electron chi connectivity index (χ4n) is 2.59. The number of rotatable bonds is 6. The molecule has 2 unspecified atom stereocenters. The van der Waals surface area contributed by atoms with Crippen molar-refractivity contribution in [3.8, 4) is 0 Å². The second kappa shape index (κ2) is 6.72. The summed E-state index contributed by atoms with van der Waals surface area (Å²) < 4.78 is 0. The zero-order valence-corrected chi connectivity index (χ0v) is 12.3. The van der Waals surface area contributed by atoms with Gasteiger partial charge in [-0.3, -0.25) is 0 Å². The van der Waals surface area contributed by atoms with Crippen molar-refractivity contribution >= 4 is 10.8 Å². The Labute approximate surface area is 117 Å². The molecule has 0 aliphatic heterocycles. The lowest BCUT2D eigenvalue weighted by Crippen LogP contribution is -2.28. The maximum Gasteiger partial charge on any atom is 0.0294 e. The van der Waals surface area contributed by atoms with E-state index in [0.717, 1.165) is 0 Å². The highest BCUT2D eigenvalue weighted by Gasteiger charge is 2.09. The van der Waals surface area contributed by atoms with E-state index < -0.39 is 0 Å². The van der Waals surface area contributed by atoms with Crippen LogP contribution in [0, 0.1) is 0 Å². The van der Waals surface area contributed by atoms with E-state index in [2.05, 4.69) is 68.6 Å². The van der Waals surface area contributed by atoms with Crippen molar-refractivity contribution in [1.82, 2.24) is 5.32 Å². The predicted molar refractivity (Wildman–Crippen MR) is 84.5 cm³/mol. The Balaban J connectivity index is 2.06. The predicted octanol–water partition coefficient (Wildman–Crippen LogP) is 5.07. The first kappa shape index (κ1) is 14.1. The Kier molecular flexibility index (Phi) is 4.98. The minimum Gasteiger partial charge on any atom is -0.308 e. The van der Waals surface area contributed by atoms with E-state index in [-0.39, 0.29) is 0 Å². The van der Waals surface area contributed by atoms with Crippen LogP contribution in [-0.2, 0) is 0 Å². The van der Waals surface area contributed by atoms with Crippen molar-refractivity contribution in [2.75, 3.05) is 0 Å². The van der Waals surface area contributed by atoms with Crippen LogP contribution in [0.1, 0.15) is 51.6 Å². The molecule has 0 amide bonds. The quantitative estimate of drug-likeness (QED) is 0.760. The molecule has 2 atom stereocenters. The smallest absolute Gasteiger partial charge is 0.0294 e. The second-order valence-corrected chi connectivity index (χ2v) is 5.54. The average Bonchev–Trinajstić information content (AvgIpc) is 2.44. The van der Waals surface area contributed by atoms with E-state index in [1.54, 1.807) is 0 Å². The average molecular weight is 255 g/mol. The fourth-order valence-corrected chi connectivity index (χ4v) is 2.59. The minimum atomic E-state index is 0.413. The molecule has 0 spiro atoms. The lowest BCUT2D eigenvalue weighted by atomic mass is 10.0. The van der Waals surface area contributed by atoms with Gasteiger partial charge >= 0.3 is 0 Å². The number of hydrogen-bond acceptors (Lipinski definition) is 1. The summed E-state index contributed by atoms with van der Waals surface area (Å²) in [5, 5.41) is 6.34. The summed E-state index contributed by atoms with van der Waals surface area (Å²) in [5.74, 6) is 0. The Morgan fingerprint density at radius 3 is 2.47 bits per heavy atom. The summed E-state index contributed by atoms with van der Waals surface area (Å²) in [6.07, 6.45) is 3.84. The SMILES string of the molecule is CCCCC(C)NC(C)c1ccc2ccccc2c1. The highest BCUT2D eigenvalue weighted by molar-refractivity contribution is 5.83. The van der Waals surface area contributed by atoms with E-state index in [1.807, 2.05) is 0 Å². The highest BCUT2D eigenvalue weighted by Crippen LogP contribution is 2.21. The molecule has 0 aliphatic rings. The number of fused-ring (bicyclic) bond motifs is 1. The van der Waals surface area contributed by atoms with Gasteiger partial charge in [0.25, 0.3) is 0 Å². The third-order valence-corrected chi connectivity index (χ3v) is 3.80. The number of nitrogens with one attached hydrogen (secondary N) is 1. The van der Waals surface area contributed by atoms with E-state index in [4.69, 9.17) is 0 Å². The van der Waals surface area contributed by atoms with E-state index in [0.29, 0.717) is 12.1 Å². The van der Waals surface area contributed by atoms with Gasteiger partial charge in [0.15, 0.2) is 0 Å². The molecule has 0 radical (unpaired) electrons. The standard InChI is InChI=1S/C18H25N/c1-4-5-8-14(2)19-15(3)17-12-11-16-9-6-7-10-18(16)13-17/h6-7,9-15,19H,4-5,8H2,1-3H3. The van der Waals surface area contributed by atoms with Crippen molar-refractivity contribution < 1.29 is 0 Å². The van der Waals surface area contributed by atoms with Crippen LogP contribution >= 0.6 is 0 Å². The maximum atomic E-state index is 3.70. The van der Waals surface area contributed by atoms with Crippen LogP contribution in [0.2, 0.25) is 0 Å². The van der Waals surface area contributed by atoms with Crippen LogP contribution in [0.3, 0.4) is 0 Å². The van der Waals surface area contributed by atoms with E-state index in [1.165, 1.54) is 35.6 Å². The van der Waals surface area contributed by atoms with Crippen LogP contribution in [0.4, 0.5) is 0 Å². The molecule has 1 nitrogen and oxygen atoms in total. The zero-order chi connectivity index (χ0) is 13.7. The summed E-state index contributed by atoms with van der Waals surface area (Å²) in [6, 6.07) is 16.3. The van der Waals surface area contributed by atoms with Gasteiger partial charge in [0, 0.05) is 12.1 Å². The maximum absolute atomic E-state index is 3.70. The van der Waals surface area contributed by atoms with Crippen LogP contribution in [0.15, 0.2) is 42.5 Å². The van der Waals surface area contributed by atoms with Gasteiger partial charge in [-0.25, -0.2) is 0 Å². The topological polar surface area (TPSA) is 12.0 Å². The zero-order valence-electron chi connectivity index (χ0n) is 12.3. The fraction of sp³-hybridized carbons (Fsp3) is 0.444. The summed E-state index contributed by atoms with van der Waals surface area (Å²) >= 11 is 0. The summed E-state index contributed by atoms with van der Waals surface area (Å²) in [6.45, 7) is 6.79. The molecule has 1 N–H and O–H groups in total. The van der Waals surface area contributed by atoms with Gasteiger partial charge in [0.2, 0.25) is 0 Å². The van der Waals surface area contributed by atoms with Crippen LogP contribution in [-0.4, -0.2) is 6.04 Å². The molecule has 102 valence electrons. The summed E-state index contributed by atoms with van der Waals surface area (Å²) in [4.78, 5) is 0. The van der Waals surface area contributed by atoms with Crippen LogP contribution < -0.4 is 5.32 Å². The second-order valence-electron chi connectivity index (χ2n) is 5.54. The molecule has 0 bridgehead atoms. The van der Waals surface area contributed by atoms with Gasteiger partial charge in [0.05, 0.1) is 0 Å². The Morgan fingerprint density at radius 2 is 1.74 bits per heavy atom. The van der Waals surface area contributed by atoms with Gasteiger partial charge in [-0.05, 0) is 42.7 Å². The molecule has 0 saturated heterocycles. The molecule has 2 rings (SSSR count). The molecule has 19 heavy (non-hydrogen) atoms. The highest BCUT2D eigenvalue weighted by atomic mass is 14.9. The van der Waals surface area contributed by atoms with E-state index in [9.17, 15) is 0 Å². The number of benzene rings is 2. The lowest BCUT2D eigenvalue weighted by Gasteiger charge is -2.20. The molecule has 1 heteroatoms. The molecular weight excluding hydrogens is 230 g/mol. The van der Waals surface area contributed by atoms with Gasteiger partial charge in [-0.2, -0.15) is 0 Å². The molecule has 0 heterocycles.